The Morgan fingerprint density at radius 3 is 2.59 bits per heavy atom. The minimum absolute atomic E-state index is 0.00822. The summed E-state index contributed by atoms with van der Waals surface area (Å²) in [6, 6.07) is 10.7. The van der Waals surface area contributed by atoms with E-state index in [1.54, 1.807) is 22.9 Å². The molecular formula is C16H16BrIN2O2. The Hall–Kier alpha value is -1.15. The maximum atomic E-state index is 11.9. The van der Waals surface area contributed by atoms with E-state index in [4.69, 9.17) is 0 Å². The largest absolute Gasteiger partial charge is 0.352 e. The Kier molecular flexibility index (Phi) is 6.63. The molecule has 2 aromatic rings. The van der Waals surface area contributed by atoms with Crippen LogP contribution in [0.3, 0.4) is 0 Å². The van der Waals surface area contributed by atoms with Crippen LogP contribution in [0.2, 0.25) is 0 Å². The van der Waals surface area contributed by atoms with E-state index >= 15 is 0 Å². The first kappa shape index (κ1) is 17.2. The Balaban J connectivity index is 1.73. The maximum Gasteiger partial charge on any atom is 0.251 e. The van der Waals surface area contributed by atoms with Crippen molar-refractivity contribution in [3.8, 4) is 0 Å². The maximum absolute atomic E-state index is 11.9. The summed E-state index contributed by atoms with van der Waals surface area (Å²) >= 11 is 5.56. The van der Waals surface area contributed by atoms with E-state index < -0.39 is 0 Å². The Morgan fingerprint density at radius 2 is 1.86 bits per heavy atom. The fourth-order valence-corrected chi connectivity index (χ4v) is 2.73. The first-order chi connectivity index (χ1) is 10.6. The summed E-state index contributed by atoms with van der Waals surface area (Å²) < 4.78 is 3.66. The van der Waals surface area contributed by atoms with Gasteiger partial charge in [-0.3, -0.25) is 9.59 Å². The third-order valence-electron chi connectivity index (χ3n) is 3.17. The number of hydrogen-bond donors (Lipinski definition) is 1. The van der Waals surface area contributed by atoms with Gasteiger partial charge in [0.15, 0.2) is 0 Å². The lowest BCUT2D eigenvalue weighted by Gasteiger charge is -2.07. The smallest absolute Gasteiger partial charge is 0.251 e. The van der Waals surface area contributed by atoms with Crippen LogP contribution in [0.15, 0.2) is 51.9 Å². The summed E-state index contributed by atoms with van der Waals surface area (Å²) in [5.74, 6) is -0.0592. The van der Waals surface area contributed by atoms with Gasteiger partial charge in [0.2, 0.25) is 0 Å². The minimum Gasteiger partial charge on any atom is -0.352 e. The van der Waals surface area contributed by atoms with Crippen molar-refractivity contribution in [2.24, 2.45) is 0 Å². The number of nitrogens with zero attached hydrogens (tertiary/aromatic N) is 1. The molecule has 0 unspecified atom stereocenters. The second-order valence-electron chi connectivity index (χ2n) is 4.85. The van der Waals surface area contributed by atoms with E-state index in [9.17, 15) is 9.59 Å². The van der Waals surface area contributed by atoms with Crippen LogP contribution < -0.4 is 10.9 Å². The van der Waals surface area contributed by atoms with Crippen molar-refractivity contribution < 1.29 is 4.79 Å². The standard InChI is InChI=1S/C16H16BrIN2O2/c17-13-5-8-15(21)20(11-13)10-2-1-9-19-16(22)12-3-6-14(18)7-4-12/h3-8,11H,1-2,9-10H2,(H,19,22). The van der Waals surface area contributed by atoms with Crippen LogP contribution in [0, 0.1) is 3.57 Å². The molecule has 1 aromatic carbocycles. The number of halogens is 2. The number of pyridine rings is 1. The van der Waals surface area contributed by atoms with E-state index in [0.29, 0.717) is 18.7 Å². The van der Waals surface area contributed by atoms with Crippen molar-refractivity contribution >= 4 is 44.4 Å². The number of rotatable bonds is 6. The highest BCUT2D eigenvalue weighted by Crippen LogP contribution is 2.07. The van der Waals surface area contributed by atoms with E-state index in [1.807, 2.05) is 24.3 Å². The Morgan fingerprint density at radius 1 is 1.14 bits per heavy atom. The van der Waals surface area contributed by atoms with Gasteiger partial charge in [-0.2, -0.15) is 0 Å². The molecule has 0 aliphatic carbocycles. The van der Waals surface area contributed by atoms with Crippen molar-refractivity contribution in [1.29, 1.82) is 0 Å². The normalized spacial score (nSPS) is 10.5. The van der Waals surface area contributed by atoms with Crippen molar-refractivity contribution in [3.63, 3.8) is 0 Å². The Bertz CT molecular complexity index is 698. The fraction of sp³-hybridized carbons (Fsp3) is 0.250. The summed E-state index contributed by atoms with van der Waals surface area (Å²) in [7, 11) is 0. The zero-order valence-corrected chi connectivity index (χ0v) is 15.6. The molecule has 0 bridgehead atoms. The molecule has 0 fully saturated rings. The van der Waals surface area contributed by atoms with E-state index in [1.165, 1.54) is 0 Å². The second kappa shape index (κ2) is 8.47. The number of aryl methyl sites for hydroxylation is 1. The lowest BCUT2D eigenvalue weighted by atomic mass is 10.2. The molecule has 0 aliphatic heterocycles. The van der Waals surface area contributed by atoms with Crippen molar-refractivity contribution in [2.45, 2.75) is 19.4 Å². The highest BCUT2D eigenvalue weighted by molar-refractivity contribution is 14.1. The number of unbranched alkanes of at least 4 members (excludes halogenated alkanes) is 1. The topological polar surface area (TPSA) is 51.1 Å². The predicted molar refractivity (Wildman–Crippen MR) is 99.1 cm³/mol. The molecule has 116 valence electrons. The molecule has 4 nitrogen and oxygen atoms in total. The van der Waals surface area contributed by atoms with Gasteiger partial charge in [0.05, 0.1) is 0 Å². The molecule has 1 heterocycles. The molecule has 0 radical (unpaired) electrons. The summed E-state index contributed by atoms with van der Waals surface area (Å²) in [6.07, 6.45) is 3.45. The molecule has 0 atom stereocenters. The fourth-order valence-electron chi connectivity index (χ4n) is 1.99. The lowest BCUT2D eigenvalue weighted by Crippen LogP contribution is -2.25. The highest BCUT2D eigenvalue weighted by atomic mass is 127. The third kappa shape index (κ3) is 5.24. The predicted octanol–water partition coefficient (Wildman–Crippen LogP) is 3.43. The van der Waals surface area contributed by atoms with Crippen LogP contribution in [0.25, 0.3) is 0 Å². The SMILES string of the molecule is O=C(NCCCCn1cc(Br)ccc1=O)c1ccc(I)cc1. The Labute approximate surface area is 151 Å². The third-order valence-corrected chi connectivity index (χ3v) is 4.35. The molecule has 0 saturated carbocycles. The van der Waals surface area contributed by atoms with Crippen molar-refractivity contribution in [2.75, 3.05) is 6.54 Å². The van der Waals surface area contributed by atoms with Gasteiger partial charge < -0.3 is 9.88 Å². The average Bonchev–Trinajstić information content (AvgIpc) is 2.50. The highest BCUT2D eigenvalue weighted by Gasteiger charge is 2.04. The van der Waals surface area contributed by atoms with Crippen molar-refractivity contribution in [1.82, 2.24) is 9.88 Å². The molecule has 0 aliphatic rings. The van der Waals surface area contributed by atoms with Gasteiger partial charge in [-0.05, 0) is 81.7 Å². The first-order valence-corrected chi connectivity index (χ1v) is 8.83. The molecule has 2 rings (SSSR count). The van der Waals surface area contributed by atoms with Gasteiger partial charge in [-0.25, -0.2) is 0 Å². The number of carbonyl (C=O) groups excluding carboxylic acids is 1. The van der Waals surface area contributed by atoms with Crippen LogP contribution in [0.1, 0.15) is 23.2 Å². The molecule has 0 spiro atoms. The summed E-state index contributed by atoms with van der Waals surface area (Å²) in [5, 5.41) is 2.89. The molecule has 1 N–H and O–H groups in total. The first-order valence-electron chi connectivity index (χ1n) is 6.96. The van der Waals surface area contributed by atoms with Crippen LogP contribution >= 0.6 is 38.5 Å². The number of carbonyl (C=O) groups is 1. The molecule has 1 amide bonds. The molecular weight excluding hydrogens is 459 g/mol. The monoisotopic (exact) mass is 474 g/mol. The summed E-state index contributed by atoms with van der Waals surface area (Å²) in [4.78, 5) is 23.5. The second-order valence-corrected chi connectivity index (χ2v) is 7.01. The average molecular weight is 475 g/mol. The summed E-state index contributed by atoms with van der Waals surface area (Å²) in [6.45, 7) is 1.26. The van der Waals surface area contributed by atoms with Gasteiger partial charge >= 0.3 is 0 Å². The molecule has 0 saturated heterocycles. The van der Waals surface area contributed by atoms with Gasteiger partial charge in [-0.1, -0.05) is 0 Å². The molecule has 6 heteroatoms. The van der Waals surface area contributed by atoms with E-state index in [-0.39, 0.29) is 11.5 Å². The number of nitrogens with one attached hydrogen (secondary N) is 1. The number of aromatic nitrogens is 1. The van der Waals surface area contributed by atoms with Gasteiger partial charge in [0, 0.05) is 39.0 Å². The van der Waals surface area contributed by atoms with E-state index in [0.717, 1.165) is 20.9 Å². The summed E-state index contributed by atoms with van der Waals surface area (Å²) in [5.41, 5.74) is 0.662. The van der Waals surface area contributed by atoms with Gasteiger partial charge in [-0.15, -0.1) is 0 Å². The molecule has 22 heavy (non-hydrogen) atoms. The number of amides is 1. The number of benzene rings is 1. The van der Waals surface area contributed by atoms with Crippen molar-refractivity contribution in [3.05, 3.63) is 66.6 Å². The quantitative estimate of drug-likeness (QED) is 0.515. The number of hydrogen-bond acceptors (Lipinski definition) is 2. The van der Waals surface area contributed by atoms with E-state index in [2.05, 4.69) is 43.8 Å². The van der Waals surface area contributed by atoms with Gasteiger partial charge in [0.25, 0.3) is 11.5 Å². The van der Waals surface area contributed by atoms with Crippen LogP contribution in [-0.4, -0.2) is 17.0 Å². The zero-order chi connectivity index (χ0) is 15.9. The zero-order valence-electron chi connectivity index (χ0n) is 11.9. The van der Waals surface area contributed by atoms with Gasteiger partial charge in [0.1, 0.15) is 0 Å². The minimum atomic E-state index is -0.0592. The van der Waals surface area contributed by atoms with Crippen LogP contribution in [0.5, 0.6) is 0 Å². The lowest BCUT2D eigenvalue weighted by molar-refractivity contribution is 0.0953. The van der Waals surface area contributed by atoms with Crippen LogP contribution in [0.4, 0.5) is 0 Å². The molecule has 1 aromatic heterocycles. The van der Waals surface area contributed by atoms with Crippen LogP contribution in [-0.2, 0) is 6.54 Å².